The van der Waals surface area contributed by atoms with Crippen LogP contribution in [0.3, 0.4) is 0 Å². The molecular weight excluding hydrogens is 222 g/mol. The standard InChI is InChI=1S/C11H13N3O3/c15-9-8-7-3-6(14(8)11(17)12-9)4-13(7)10(16)5-1-2-5/h5-8H,1-4H2,(H,12,15,17). The number of nitrogens with one attached hydrogen (secondary N) is 1. The summed E-state index contributed by atoms with van der Waals surface area (Å²) in [5, 5.41) is 2.33. The van der Waals surface area contributed by atoms with Crippen LogP contribution in [0.25, 0.3) is 0 Å². The van der Waals surface area contributed by atoms with Gasteiger partial charge in [0.1, 0.15) is 6.04 Å². The first-order valence-electron chi connectivity index (χ1n) is 6.10. The van der Waals surface area contributed by atoms with Crippen molar-refractivity contribution in [1.82, 2.24) is 15.1 Å². The molecule has 0 spiro atoms. The molecule has 3 heterocycles. The minimum atomic E-state index is -0.427. The van der Waals surface area contributed by atoms with E-state index in [-0.39, 0.29) is 35.8 Å². The number of rotatable bonds is 1. The highest BCUT2D eigenvalue weighted by Crippen LogP contribution is 2.41. The van der Waals surface area contributed by atoms with Gasteiger partial charge in [0.15, 0.2) is 0 Å². The van der Waals surface area contributed by atoms with E-state index in [2.05, 4.69) is 5.32 Å². The van der Waals surface area contributed by atoms with E-state index in [1.807, 2.05) is 4.90 Å². The van der Waals surface area contributed by atoms with Crippen LogP contribution in [0.15, 0.2) is 0 Å². The Labute approximate surface area is 97.9 Å². The second-order valence-corrected chi connectivity index (χ2v) is 5.37. The number of hydrogen-bond acceptors (Lipinski definition) is 3. The molecular formula is C11H13N3O3. The van der Waals surface area contributed by atoms with Crippen LogP contribution < -0.4 is 5.32 Å². The molecule has 1 saturated carbocycles. The largest absolute Gasteiger partial charge is 0.335 e. The van der Waals surface area contributed by atoms with Crippen LogP contribution in [0.5, 0.6) is 0 Å². The summed E-state index contributed by atoms with van der Waals surface area (Å²) in [7, 11) is 0. The zero-order chi connectivity index (χ0) is 11.7. The van der Waals surface area contributed by atoms with Crippen molar-refractivity contribution in [2.45, 2.75) is 37.4 Å². The van der Waals surface area contributed by atoms with Crippen LogP contribution in [-0.2, 0) is 9.59 Å². The summed E-state index contributed by atoms with van der Waals surface area (Å²) in [6.45, 7) is 0.608. The van der Waals surface area contributed by atoms with Crippen LogP contribution >= 0.6 is 0 Å². The summed E-state index contributed by atoms with van der Waals surface area (Å²) >= 11 is 0. The number of amides is 4. The Kier molecular flexibility index (Phi) is 1.56. The molecule has 3 unspecified atom stereocenters. The Morgan fingerprint density at radius 3 is 2.76 bits per heavy atom. The fourth-order valence-corrected chi connectivity index (χ4v) is 3.41. The summed E-state index contributed by atoms with van der Waals surface area (Å²) in [4.78, 5) is 38.8. The molecule has 4 fully saturated rings. The second-order valence-electron chi connectivity index (χ2n) is 5.37. The number of carbonyl (C=O) groups excluding carboxylic acids is 3. The highest BCUT2D eigenvalue weighted by molar-refractivity contribution is 6.06. The number of piperazine rings is 1. The van der Waals surface area contributed by atoms with E-state index in [9.17, 15) is 14.4 Å². The quantitative estimate of drug-likeness (QED) is 0.611. The van der Waals surface area contributed by atoms with Crippen LogP contribution in [0.2, 0.25) is 0 Å². The molecule has 3 atom stereocenters. The van der Waals surface area contributed by atoms with Crippen molar-refractivity contribution in [3.05, 3.63) is 0 Å². The Bertz CT molecular complexity index is 445. The predicted octanol–water partition coefficient (Wildman–Crippen LogP) is -0.700. The van der Waals surface area contributed by atoms with Gasteiger partial charge in [-0.25, -0.2) is 4.79 Å². The lowest BCUT2D eigenvalue weighted by Crippen LogP contribution is -2.55. The maximum absolute atomic E-state index is 12.1. The van der Waals surface area contributed by atoms with Crippen molar-refractivity contribution in [3.63, 3.8) is 0 Å². The maximum atomic E-state index is 12.1. The van der Waals surface area contributed by atoms with Gasteiger partial charge in [0.2, 0.25) is 5.91 Å². The van der Waals surface area contributed by atoms with E-state index >= 15 is 0 Å². The van der Waals surface area contributed by atoms with E-state index in [1.165, 1.54) is 0 Å². The van der Waals surface area contributed by atoms with E-state index in [4.69, 9.17) is 0 Å². The van der Waals surface area contributed by atoms with Gasteiger partial charge in [-0.05, 0) is 19.3 Å². The minimum absolute atomic E-state index is 0.0409. The summed E-state index contributed by atoms with van der Waals surface area (Å²) in [6.07, 6.45) is 2.72. The molecule has 4 aliphatic rings. The van der Waals surface area contributed by atoms with E-state index in [0.717, 1.165) is 19.3 Å². The summed E-state index contributed by atoms with van der Waals surface area (Å²) in [6, 6.07) is -0.756. The van der Waals surface area contributed by atoms with Crippen molar-refractivity contribution in [1.29, 1.82) is 0 Å². The van der Waals surface area contributed by atoms with Gasteiger partial charge in [0.05, 0.1) is 12.1 Å². The van der Waals surface area contributed by atoms with E-state index in [1.54, 1.807) is 4.90 Å². The third kappa shape index (κ3) is 1.08. The number of carbonyl (C=O) groups is 3. The monoisotopic (exact) mass is 235 g/mol. The van der Waals surface area contributed by atoms with Crippen LogP contribution in [-0.4, -0.2) is 52.3 Å². The van der Waals surface area contributed by atoms with Crippen LogP contribution in [0.4, 0.5) is 4.79 Å². The maximum Gasteiger partial charge on any atom is 0.325 e. The van der Waals surface area contributed by atoms with Gasteiger partial charge >= 0.3 is 6.03 Å². The smallest absolute Gasteiger partial charge is 0.325 e. The van der Waals surface area contributed by atoms with E-state index < -0.39 is 6.04 Å². The summed E-state index contributed by atoms with van der Waals surface area (Å²) in [5.41, 5.74) is 0. The molecule has 0 aromatic carbocycles. The molecule has 0 radical (unpaired) electrons. The average Bonchev–Trinajstić information content (AvgIpc) is 2.86. The van der Waals surface area contributed by atoms with Gasteiger partial charge < -0.3 is 9.80 Å². The Hall–Kier alpha value is -1.59. The van der Waals surface area contributed by atoms with Gasteiger partial charge in [-0.15, -0.1) is 0 Å². The van der Waals surface area contributed by atoms with Gasteiger partial charge in [0.25, 0.3) is 5.91 Å². The fourth-order valence-electron chi connectivity index (χ4n) is 3.41. The molecule has 3 saturated heterocycles. The fraction of sp³-hybridized carbons (Fsp3) is 0.727. The average molecular weight is 235 g/mol. The third-order valence-electron chi connectivity index (χ3n) is 4.32. The second kappa shape index (κ2) is 2.80. The first-order valence-corrected chi connectivity index (χ1v) is 6.10. The number of fused-ring (bicyclic) bond motifs is 5. The first-order chi connectivity index (χ1) is 8.16. The van der Waals surface area contributed by atoms with Crippen molar-refractivity contribution >= 4 is 17.8 Å². The molecule has 4 rings (SSSR count). The Morgan fingerprint density at radius 1 is 1.29 bits per heavy atom. The highest BCUT2D eigenvalue weighted by Gasteiger charge is 2.60. The zero-order valence-electron chi connectivity index (χ0n) is 9.26. The lowest BCUT2D eigenvalue weighted by molar-refractivity contribution is -0.137. The molecule has 0 aromatic rings. The lowest BCUT2D eigenvalue weighted by atomic mass is 10.1. The highest BCUT2D eigenvalue weighted by atomic mass is 16.2. The lowest BCUT2D eigenvalue weighted by Gasteiger charge is -2.35. The number of imide groups is 1. The van der Waals surface area contributed by atoms with Gasteiger partial charge in [-0.2, -0.15) is 0 Å². The molecule has 6 heteroatoms. The number of nitrogens with zero attached hydrogens (tertiary/aromatic N) is 2. The van der Waals surface area contributed by atoms with Crippen molar-refractivity contribution in [2.75, 3.05) is 6.54 Å². The molecule has 1 N–H and O–H groups in total. The Morgan fingerprint density at radius 2 is 2.06 bits per heavy atom. The number of urea groups is 1. The SMILES string of the molecule is O=C1NC(=O)N2C3CC(C12)N(C(=O)C1CC1)C3. The van der Waals surface area contributed by atoms with Gasteiger partial charge in [0, 0.05) is 12.5 Å². The topological polar surface area (TPSA) is 69.7 Å². The van der Waals surface area contributed by atoms with Gasteiger partial charge in [-0.3, -0.25) is 14.9 Å². The van der Waals surface area contributed by atoms with Crippen molar-refractivity contribution in [2.24, 2.45) is 5.92 Å². The molecule has 6 nitrogen and oxygen atoms in total. The molecule has 1 aliphatic carbocycles. The molecule has 90 valence electrons. The van der Waals surface area contributed by atoms with Crippen molar-refractivity contribution in [3.8, 4) is 0 Å². The third-order valence-corrected chi connectivity index (χ3v) is 4.32. The minimum Gasteiger partial charge on any atom is -0.335 e. The normalized spacial score (nSPS) is 38.7. The van der Waals surface area contributed by atoms with Crippen molar-refractivity contribution < 1.29 is 14.4 Å². The van der Waals surface area contributed by atoms with Gasteiger partial charge in [-0.1, -0.05) is 0 Å². The molecule has 2 bridgehead atoms. The van der Waals surface area contributed by atoms with Crippen LogP contribution in [0.1, 0.15) is 19.3 Å². The first kappa shape index (κ1) is 9.44. The van der Waals surface area contributed by atoms with E-state index in [0.29, 0.717) is 6.54 Å². The Balaban J connectivity index is 1.63. The number of hydrogen-bond donors (Lipinski definition) is 1. The molecule has 3 aliphatic heterocycles. The van der Waals surface area contributed by atoms with Crippen LogP contribution in [0, 0.1) is 5.92 Å². The number of likely N-dealkylation sites (tertiary alicyclic amines) is 1. The summed E-state index contributed by atoms with van der Waals surface area (Å²) in [5.74, 6) is 0.128. The predicted molar refractivity (Wildman–Crippen MR) is 55.8 cm³/mol. The molecule has 0 aromatic heterocycles. The summed E-state index contributed by atoms with van der Waals surface area (Å²) < 4.78 is 0. The molecule has 17 heavy (non-hydrogen) atoms. The molecule has 4 amide bonds. The zero-order valence-corrected chi connectivity index (χ0v) is 9.26.